The molecular formula is C16H22N2O3. The maximum atomic E-state index is 12.4. The lowest BCUT2D eigenvalue weighted by atomic mass is 9.83. The van der Waals surface area contributed by atoms with E-state index in [9.17, 15) is 4.79 Å². The van der Waals surface area contributed by atoms with E-state index in [1.54, 1.807) is 25.6 Å². The van der Waals surface area contributed by atoms with Crippen LogP contribution in [0, 0.1) is 0 Å². The molecule has 0 bridgehead atoms. The quantitative estimate of drug-likeness (QED) is 0.834. The Hall–Kier alpha value is -1.46. The molecule has 1 amide bonds. The van der Waals surface area contributed by atoms with Crippen molar-refractivity contribution in [1.29, 1.82) is 0 Å². The Morgan fingerprint density at radius 3 is 2.95 bits per heavy atom. The van der Waals surface area contributed by atoms with Gasteiger partial charge in [-0.2, -0.15) is 0 Å². The first kappa shape index (κ1) is 14.5. The van der Waals surface area contributed by atoms with Crippen LogP contribution in [0.25, 0.3) is 0 Å². The summed E-state index contributed by atoms with van der Waals surface area (Å²) in [5.41, 5.74) is 0.567. The molecule has 1 unspecified atom stereocenters. The van der Waals surface area contributed by atoms with Crippen LogP contribution in [0.2, 0.25) is 0 Å². The predicted molar refractivity (Wildman–Crippen MR) is 78.1 cm³/mol. The standard InChI is InChI=1S/C16H22N2O3/c1-20-14-4-10-21-16(11-14)5-8-18(9-6-16)15(19)13-3-2-7-17-12-13/h2-3,7,12,14H,4-6,8-11H2,1H3. The Kier molecular flexibility index (Phi) is 4.22. The van der Waals surface area contributed by atoms with Crippen LogP contribution >= 0.6 is 0 Å². The minimum Gasteiger partial charge on any atom is -0.381 e. The number of likely N-dealkylation sites (tertiary alicyclic amines) is 1. The minimum atomic E-state index is -0.0926. The molecular weight excluding hydrogens is 268 g/mol. The van der Waals surface area contributed by atoms with Crippen molar-refractivity contribution in [3.63, 3.8) is 0 Å². The number of piperidine rings is 1. The molecule has 5 nitrogen and oxygen atoms in total. The van der Waals surface area contributed by atoms with Gasteiger partial charge in [-0.05, 0) is 31.4 Å². The molecule has 1 aromatic rings. The van der Waals surface area contributed by atoms with Crippen molar-refractivity contribution in [3.8, 4) is 0 Å². The second-order valence-electron chi connectivity index (χ2n) is 5.92. The van der Waals surface area contributed by atoms with E-state index in [0.717, 1.165) is 45.4 Å². The van der Waals surface area contributed by atoms with Gasteiger partial charge in [0.2, 0.25) is 0 Å². The lowest BCUT2D eigenvalue weighted by Crippen LogP contribution is -2.51. The fraction of sp³-hybridized carbons (Fsp3) is 0.625. The molecule has 3 heterocycles. The number of pyridine rings is 1. The summed E-state index contributed by atoms with van der Waals surface area (Å²) in [6.45, 7) is 2.24. The van der Waals surface area contributed by atoms with Crippen molar-refractivity contribution >= 4 is 5.91 Å². The van der Waals surface area contributed by atoms with Gasteiger partial charge in [0, 0.05) is 45.6 Å². The Labute approximate surface area is 125 Å². The number of carbonyl (C=O) groups excluding carboxylic acids is 1. The number of ether oxygens (including phenoxy) is 2. The van der Waals surface area contributed by atoms with Crippen LogP contribution < -0.4 is 0 Å². The number of carbonyl (C=O) groups is 1. The number of hydrogen-bond acceptors (Lipinski definition) is 4. The molecule has 1 spiro atoms. The normalized spacial score (nSPS) is 25.0. The number of nitrogens with zero attached hydrogens (tertiary/aromatic N) is 2. The fourth-order valence-electron chi connectivity index (χ4n) is 3.32. The first-order chi connectivity index (χ1) is 10.2. The van der Waals surface area contributed by atoms with E-state index in [-0.39, 0.29) is 11.5 Å². The molecule has 2 fully saturated rings. The molecule has 2 aliphatic rings. The average Bonchev–Trinajstić information content (AvgIpc) is 2.56. The van der Waals surface area contributed by atoms with Crippen molar-refractivity contribution in [1.82, 2.24) is 9.88 Å². The largest absolute Gasteiger partial charge is 0.381 e. The zero-order chi connectivity index (χ0) is 14.7. The number of aromatic nitrogens is 1. The lowest BCUT2D eigenvalue weighted by Gasteiger charge is -2.45. The Balaban J connectivity index is 1.61. The van der Waals surface area contributed by atoms with Crippen LogP contribution in [0.3, 0.4) is 0 Å². The number of hydrogen-bond donors (Lipinski definition) is 0. The summed E-state index contributed by atoms with van der Waals surface area (Å²) >= 11 is 0. The third-order valence-corrected chi connectivity index (χ3v) is 4.65. The monoisotopic (exact) mass is 290 g/mol. The summed E-state index contributed by atoms with van der Waals surface area (Å²) in [7, 11) is 1.77. The third-order valence-electron chi connectivity index (χ3n) is 4.65. The first-order valence-corrected chi connectivity index (χ1v) is 7.58. The van der Waals surface area contributed by atoms with Gasteiger partial charge in [0.25, 0.3) is 5.91 Å². The summed E-state index contributed by atoms with van der Waals surface area (Å²) < 4.78 is 11.5. The van der Waals surface area contributed by atoms with Crippen molar-refractivity contribution < 1.29 is 14.3 Å². The molecule has 0 aliphatic carbocycles. The van der Waals surface area contributed by atoms with E-state index < -0.39 is 0 Å². The van der Waals surface area contributed by atoms with Gasteiger partial charge >= 0.3 is 0 Å². The van der Waals surface area contributed by atoms with Gasteiger partial charge in [0.1, 0.15) is 0 Å². The molecule has 1 atom stereocenters. The molecule has 0 radical (unpaired) electrons. The smallest absolute Gasteiger partial charge is 0.255 e. The van der Waals surface area contributed by atoms with Gasteiger partial charge in [-0.3, -0.25) is 9.78 Å². The summed E-state index contributed by atoms with van der Waals surface area (Å²) in [6, 6.07) is 3.61. The van der Waals surface area contributed by atoms with E-state index in [2.05, 4.69) is 4.98 Å². The van der Waals surface area contributed by atoms with Gasteiger partial charge in [0.05, 0.1) is 17.3 Å². The number of rotatable bonds is 2. The van der Waals surface area contributed by atoms with Gasteiger partial charge in [-0.25, -0.2) is 0 Å². The van der Waals surface area contributed by atoms with Crippen LogP contribution in [0.5, 0.6) is 0 Å². The minimum absolute atomic E-state index is 0.0667. The van der Waals surface area contributed by atoms with Crippen molar-refractivity contribution in [2.24, 2.45) is 0 Å². The van der Waals surface area contributed by atoms with E-state index in [1.165, 1.54) is 0 Å². The van der Waals surface area contributed by atoms with E-state index in [1.807, 2.05) is 11.0 Å². The molecule has 0 saturated carbocycles. The van der Waals surface area contributed by atoms with Crippen molar-refractivity contribution in [3.05, 3.63) is 30.1 Å². The highest BCUT2D eigenvalue weighted by Gasteiger charge is 2.41. The molecule has 3 rings (SSSR count). The highest BCUT2D eigenvalue weighted by Crippen LogP contribution is 2.36. The lowest BCUT2D eigenvalue weighted by molar-refractivity contribution is -0.146. The molecule has 2 saturated heterocycles. The molecule has 2 aliphatic heterocycles. The topological polar surface area (TPSA) is 51.7 Å². The van der Waals surface area contributed by atoms with Crippen LogP contribution in [0.1, 0.15) is 36.0 Å². The summed E-state index contributed by atoms with van der Waals surface area (Å²) in [5, 5.41) is 0. The molecule has 1 aromatic heterocycles. The third kappa shape index (κ3) is 3.09. The van der Waals surface area contributed by atoms with Crippen LogP contribution in [-0.4, -0.2) is 54.3 Å². The van der Waals surface area contributed by atoms with Gasteiger partial charge in [-0.15, -0.1) is 0 Å². The number of amides is 1. The summed E-state index contributed by atoms with van der Waals surface area (Å²) in [5.74, 6) is 0.0667. The zero-order valence-corrected chi connectivity index (χ0v) is 12.5. The van der Waals surface area contributed by atoms with Crippen LogP contribution in [0.4, 0.5) is 0 Å². The second-order valence-corrected chi connectivity index (χ2v) is 5.92. The Morgan fingerprint density at radius 2 is 2.29 bits per heavy atom. The van der Waals surface area contributed by atoms with Gasteiger partial charge < -0.3 is 14.4 Å². The van der Waals surface area contributed by atoms with Gasteiger partial charge in [0.15, 0.2) is 0 Å². The zero-order valence-electron chi connectivity index (χ0n) is 12.5. The highest BCUT2D eigenvalue weighted by molar-refractivity contribution is 5.93. The predicted octanol–water partition coefficient (Wildman–Crippen LogP) is 1.88. The van der Waals surface area contributed by atoms with E-state index in [4.69, 9.17) is 9.47 Å². The number of methoxy groups -OCH3 is 1. The maximum Gasteiger partial charge on any atom is 0.255 e. The second kappa shape index (κ2) is 6.12. The van der Waals surface area contributed by atoms with Gasteiger partial charge in [-0.1, -0.05) is 0 Å². The summed E-state index contributed by atoms with van der Waals surface area (Å²) in [6.07, 6.45) is 7.29. The molecule has 0 N–H and O–H groups in total. The van der Waals surface area contributed by atoms with Crippen LogP contribution in [0.15, 0.2) is 24.5 Å². The van der Waals surface area contributed by atoms with Crippen LogP contribution in [-0.2, 0) is 9.47 Å². The van der Waals surface area contributed by atoms with Crippen molar-refractivity contribution in [2.45, 2.75) is 37.4 Å². The summed E-state index contributed by atoms with van der Waals surface area (Å²) in [4.78, 5) is 18.3. The Bertz CT molecular complexity index is 484. The highest BCUT2D eigenvalue weighted by atomic mass is 16.5. The van der Waals surface area contributed by atoms with E-state index >= 15 is 0 Å². The SMILES string of the molecule is COC1CCOC2(CCN(C(=O)c3cccnc3)CC2)C1. The Morgan fingerprint density at radius 1 is 1.48 bits per heavy atom. The maximum absolute atomic E-state index is 12.4. The van der Waals surface area contributed by atoms with E-state index in [0.29, 0.717) is 11.7 Å². The molecule has 114 valence electrons. The van der Waals surface area contributed by atoms with Crippen molar-refractivity contribution in [2.75, 3.05) is 26.8 Å². The first-order valence-electron chi connectivity index (χ1n) is 7.58. The molecule has 0 aromatic carbocycles. The average molecular weight is 290 g/mol. The fourth-order valence-corrected chi connectivity index (χ4v) is 3.32. The molecule has 5 heteroatoms. The molecule has 21 heavy (non-hydrogen) atoms.